The molecule has 0 spiro atoms. The van der Waals surface area contributed by atoms with Gasteiger partial charge in [-0.2, -0.15) is 0 Å². The number of anilines is 1. The van der Waals surface area contributed by atoms with E-state index >= 15 is 0 Å². The Bertz CT molecular complexity index is 673. The van der Waals surface area contributed by atoms with E-state index in [1.165, 1.54) is 0 Å². The van der Waals surface area contributed by atoms with E-state index in [1.807, 2.05) is 17.0 Å². The molecule has 3 atom stereocenters. The van der Waals surface area contributed by atoms with Crippen molar-refractivity contribution < 1.29 is 14.7 Å². The maximum Gasteiger partial charge on any atom is 0.307 e. The molecule has 1 saturated carbocycles. The third-order valence-electron chi connectivity index (χ3n) is 5.97. The largest absolute Gasteiger partial charge is 0.481 e. The Morgan fingerprint density at radius 3 is 2.52 bits per heavy atom. The van der Waals surface area contributed by atoms with Crippen LogP contribution in [-0.2, 0) is 9.59 Å². The van der Waals surface area contributed by atoms with Gasteiger partial charge in [-0.05, 0) is 43.2 Å². The summed E-state index contributed by atoms with van der Waals surface area (Å²) >= 11 is 5.88. The van der Waals surface area contributed by atoms with Crippen molar-refractivity contribution in [3.8, 4) is 0 Å². The molecule has 25 heavy (non-hydrogen) atoms. The summed E-state index contributed by atoms with van der Waals surface area (Å²) in [7, 11) is 0. The van der Waals surface area contributed by atoms with Crippen molar-refractivity contribution in [1.82, 2.24) is 9.88 Å². The summed E-state index contributed by atoms with van der Waals surface area (Å²) in [6, 6.07) is 3.74. The van der Waals surface area contributed by atoms with Gasteiger partial charge in [0.25, 0.3) is 0 Å². The quantitative estimate of drug-likeness (QED) is 0.890. The number of carbonyl (C=O) groups is 2. The maximum atomic E-state index is 12.8. The first-order chi connectivity index (χ1) is 12.0. The Balaban J connectivity index is 1.31. The van der Waals surface area contributed by atoms with Crippen LogP contribution in [0.15, 0.2) is 18.3 Å². The molecule has 1 aliphatic carbocycles. The highest BCUT2D eigenvalue weighted by atomic mass is 35.5. The molecule has 6 nitrogen and oxygen atoms in total. The van der Waals surface area contributed by atoms with Gasteiger partial charge in [0.15, 0.2) is 0 Å². The van der Waals surface area contributed by atoms with E-state index < -0.39 is 5.97 Å². The Labute approximate surface area is 151 Å². The van der Waals surface area contributed by atoms with Gasteiger partial charge in [-0.15, -0.1) is 0 Å². The second kappa shape index (κ2) is 6.48. The molecular weight excluding hydrogens is 342 g/mol. The van der Waals surface area contributed by atoms with Crippen molar-refractivity contribution in [1.29, 1.82) is 0 Å². The minimum atomic E-state index is -0.701. The van der Waals surface area contributed by atoms with Crippen molar-refractivity contribution >= 4 is 29.3 Å². The molecule has 0 bridgehead atoms. The number of aliphatic carboxylic acids is 1. The number of fused-ring (bicyclic) bond motifs is 1. The summed E-state index contributed by atoms with van der Waals surface area (Å²) in [5.41, 5.74) is 0. The number of carboxylic acids is 1. The number of piperidine rings is 2. The first-order valence-corrected chi connectivity index (χ1v) is 9.30. The van der Waals surface area contributed by atoms with Crippen LogP contribution in [0.4, 0.5) is 5.82 Å². The molecule has 7 heteroatoms. The second-order valence-electron chi connectivity index (χ2n) is 7.36. The zero-order valence-electron chi connectivity index (χ0n) is 14.0. The van der Waals surface area contributed by atoms with Crippen molar-refractivity contribution in [3.05, 3.63) is 23.4 Å². The number of hydrogen-bond donors (Lipinski definition) is 1. The van der Waals surface area contributed by atoms with Crippen LogP contribution in [0.2, 0.25) is 5.02 Å². The third-order valence-corrected chi connectivity index (χ3v) is 6.20. The summed E-state index contributed by atoms with van der Waals surface area (Å²) in [5.74, 6) is 0.690. The van der Waals surface area contributed by atoms with Crippen molar-refractivity contribution in [3.63, 3.8) is 0 Å². The summed E-state index contributed by atoms with van der Waals surface area (Å²) in [5, 5.41) is 9.81. The Hall–Kier alpha value is -1.82. The number of amides is 1. The van der Waals surface area contributed by atoms with Gasteiger partial charge in [-0.3, -0.25) is 9.59 Å². The zero-order valence-corrected chi connectivity index (χ0v) is 14.7. The van der Waals surface area contributed by atoms with Gasteiger partial charge < -0.3 is 14.9 Å². The Kier molecular flexibility index (Phi) is 4.31. The molecule has 4 rings (SSSR count). The molecule has 1 amide bonds. The fraction of sp³-hybridized carbons (Fsp3) is 0.611. The van der Waals surface area contributed by atoms with E-state index in [0.717, 1.165) is 38.2 Å². The molecule has 1 aromatic rings. The smallest absolute Gasteiger partial charge is 0.307 e. The number of hydrogen-bond acceptors (Lipinski definition) is 4. The number of nitrogens with zero attached hydrogens (tertiary/aromatic N) is 3. The molecule has 1 aromatic heterocycles. The average Bonchev–Trinajstić information content (AvgIpc) is 3.35. The maximum absolute atomic E-state index is 12.8. The lowest BCUT2D eigenvalue weighted by Crippen LogP contribution is -2.45. The lowest BCUT2D eigenvalue weighted by molar-refractivity contribution is -0.140. The van der Waals surface area contributed by atoms with E-state index in [4.69, 9.17) is 11.6 Å². The summed E-state index contributed by atoms with van der Waals surface area (Å²) in [6.45, 7) is 2.95. The minimum absolute atomic E-state index is 0.0436. The van der Waals surface area contributed by atoms with Gasteiger partial charge in [0.05, 0.1) is 10.9 Å². The summed E-state index contributed by atoms with van der Waals surface area (Å²) < 4.78 is 0. The minimum Gasteiger partial charge on any atom is -0.481 e. The number of rotatable bonds is 3. The van der Waals surface area contributed by atoms with E-state index in [2.05, 4.69) is 9.88 Å². The van der Waals surface area contributed by atoms with Gasteiger partial charge in [-0.25, -0.2) is 4.98 Å². The molecule has 1 N–H and O–H groups in total. The molecule has 134 valence electrons. The third kappa shape index (κ3) is 3.19. The van der Waals surface area contributed by atoms with E-state index in [9.17, 15) is 14.7 Å². The first kappa shape index (κ1) is 16.6. The predicted molar refractivity (Wildman–Crippen MR) is 93.5 cm³/mol. The van der Waals surface area contributed by atoms with Crippen molar-refractivity contribution in [2.75, 3.05) is 31.1 Å². The number of halogens is 1. The standard InChI is InChI=1S/C18H22ClN3O3/c19-12-1-2-15(20-9-12)21-6-3-11(4-7-21)17(23)22-8-5-13-14(10-22)16(13)18(24)25/h1-2,9,11,13-14,16H,3-8,10H2,(H,24,25)/t13-,14+,16-/m1/s1. The van der Waals surface area contributed by atoms with Crippen molar-refractivity contribution in [2.45, 2.75) is 19.3 Å². The number of likely N-dealkylation sites (tertiary alicyclic amines) is 1. The van der Waals surface area contributed by atoms with Crippen LogP contribution < -0.4 is 4.90 Å². The van der Waals surface area contributed by atoms with Crippen LogP contribution >= 0.6 is 11.6 Å². The summed E-state index contributed by atoms with van der Waals surface area (Å²) in [4.78, 5) is 32.4. The van der Waals surface area contributed by atoms with Crippen LogP contribution in [0.5, 0.6) is 0 Å². The topological polar surface area (TPSA) is 73.7 Å². The lowest BCUT2D eigenvalue weighted by Gasteiger charge is -2.36. The first-order valence-electron chi connectivity index (χ1n) is 8.92. The fourth-order valence-electron chi connectivity index (χ4n) is 4.47. The van der Waals surface area contributed by atoms with Gasteiger partial charge in [-0.1, -0.05) is 11.6 Å². The van der Waals surface area contributed by atoms with Gasteiger partial charge in [0, 0.05) is 38.3 Å². The predicted octanol–water partition coefficient (Wildman–Crippen LogP) is 2.13. The number of pyridine rings is 1. The number of carbonyl (C=O) groups excluding carboxylic acids is 1. The average molecular weight is 364 g/mol. The molecular formula is C18H22ClN3O3. The van der Waals surface area contributed by atoms with Crippen LogP contribution in [0.1, 0.15) is 19.3 Å². The van der Waals surface area contributed by atoms with Gasteiger partial charge in [0.2, 0.25) is 5.91 Å². The molecule has 2 saturated heterocycles. The fourth-order valence-corrected chi connectivity index (χ4v) is 4.59. The highest BCUT2D eigenvalue weighted by Crippen LogP contribution is 2.51. The molecule has 3 aliphatic rings. The highest BCUT2D eigenvalue weighted by molar-refractivity contribution is 6.30. The lowest BCUT2D eigenvalue weighted by atomic mass is 9.94. The Morgan fingerprint density at radius 1 is 1.12 bits per heavy atom. The van der Waals surface area contributed by atoms with Gasteiger partial charge in [0.1, 0.15) is 5.82 Å². The van der Waals surface area contributed by atoms with E-state index in [-0.39, 0.29) is 23.7 Å². The Morgan fingerprint density at radius 2 is 1.88 bits per heavy atom. The summed E-state index contributed by atoms with van der Waals surface area (Å²) in [6.07, 6.45) is 4.11. The molecule has 3 fully saturated rings. The van der Waals surface area contributed by atoms with E-state index in [1.54, 1.807) is 6.20 Å². The molecule has 2 aliphatic heterocycles. The SMILES string of the molecule is O=C(O)[C@@H]1[C@@H]2CCN(C(=O)C3CCN(c4ccc(Cl)cn4)CC3)C[C@@H]21. The zero-order chi connectivity index (χ0) is 17.6. The van der Waals surface area contributed by atoms with Crippen LogP contribution in [0.3, 0.4) is 0 Å². The highest BCUT2D eigenvalue weighted by Gasteiger charge is 2.57. The second-order valence-corrected chi connectivity index (χ2v) is 7.80. The monoisotopic (exact) mass is 363 g/mol. The molecule has 0 radical (unpaired) electrons. The van der Waals surface area contributed by atoms with Crippen LogP contribution in [0.25, 0.3) is 0 Å². The number of aromatic nitrogens is 1. The number of carboxylic acid groups (broad SMARTS) is 1. The van der Waals surface area contributed by atoms with E-state index in [0.29, 0.717) is 24.0 Å². The van der Waals surface area contributed by atoms with Crippen LogP contribution in [0, 0.1) is 23.7 Å². The van der Waals surface area contributed by atoms with Crippen LogP contribution in [-0.4, -0.2) is 53.0 Å². The molecule has 3 heterocycles. The normalized spacial score (nSPS) is 29.2. The molecule has 0 unspecified atom stereocenters. The van der Waals surface area contributed by atoms with Crippen molar-refractivity contribution in [2.24, 2.45) is 23.7 Å². The molecule has 0 aromatic carbocycles. The van der Waals surface area contributed by atoms with Gasteiger partial charge >= 0.3 is 5.97 Å².